The van der Waals surface area contributed by atoms with Crippen molar-refractivity contribution in [1.29, 1.82) is 0 Å². The van der Waals surface area contributed by atoms with Crippen LogP contribution in [0.3, 0.4) is 0 Å². The summed E-state index contributed by atoms with van der Waals surface area (Å²) in [4.78, 5) is 11.9. The van der Waals surface area contributed by atoms with Gasteiger partial charge in [-0.25, -0.2) is 4.68 Å². The van der Waals surface area contributed by atoms with Gasteiger partial charge in [0.05, 0.1) is 6.61 Å². The number of nitrogens with one attached hydrogen (secondary N) is 1. The normalized spacial score (nSPS) is 14.2. The van der Waals surface area contributed by atoms with Gasteiger partial charge in [-0.05, 0) is 30.8 Å². The highest BCUT2D eigenvalue weighted by Gasteiger charge is 2.34. The Kier molecular flexibility index (Phi) is 5.54. The minimum atomic E-state index is -0.735. The quantitative estimate of drug-likeness (QED) is 0.562. The Balaban J connectivity index is 2.67. The number of ether oxygens (including phenoxy) is 1. The van der Waals surface area contributed by atoms with Crippen molar-refractivity contribution in [3.63, 3.8) is 0 Å². The molecule has 0 bridgehead atoms. The summed E-state index contributed by atoms with van der Waals surface area (Å²) >= 11 is 1.42. The van der Waals surface area contributed by atoms with Crippen LogP contribution in [0.4, 0.5) is 0 Å². The van der Waals surface area contributed by atoms with Crippen LogP contribution >= 0.6 is 11.8 Å². The van der Waals surface area contributed by atoms with Crippen molar-refractivity contribution in [2.45, 2.75) is 31.5 Å². The van der Waals surface area contributed by atoms with Crippen molar-refractivity contribution in [1.82, 2.24) is 25.5 Å². The number of esters is 1. The lowest BCUT2D eigenvalue weighted by Gasteiger charge is -2.27. The van der Waals surface area contributed by atoms with Crippen molar-refractivity contribution in [3.8, 4) is 0 Å². The van der Waals surface area contributed by atoms with Crippen molar-refractivity contribution in [3.05, 3.63) is 0 Å². The van der Waals surface area contributed by atoms with Crippen LogP contribution in [0.15, 0.2) is 5.16 Å². The molecule has 8 heteroatoms. The van der Waals surface area contributed by atoms with Crippen molar-refractivity contribution in [2.24, 2.45) is 7.05 Å². The van der Waals surface area contributed by atoms with Crippen molar-refractivity contribution < 1.29 is 9.53 Å². The van der Waals surface area contributed by atoms with Gasteiger partial charge in [0, 0.05) is 12.8 Å². The van der Waals surface area contributed by atoms with Crippen molar-refractivity contribution in [2.75, 3.05) is 18.9 Å². The molecule has 0 aliphatic rings. The van der Waals surface area contributed by atoms with Crippen LogP contribution in [0.1, 0.15) is 20.8 Å². The molecule has 0 aliphatic carbocycles. The lowest BCUT2D eigenvalue weighted by molar-refractivity contribution is -0.149. The van der Waals surface area contributed by atoms with Crippen LogP contribution in [-0.4, -0.2) is 50.6 Å². The van der Waals surface area contributed by atoms with Crippen LogP contribution in [0, 0.1) is 0 Å². The zero-order chi connectivity index (χ0) is 13.6. The summed E-state index contributed by atoms with van der Waals surface area (Å²) in [5, 5.41) is 15.0. The first-order valence-electron chi connectivity index (χ1n) is 5.81. The molecular formula is C10H19N5O2S. The highest BCUT2D eigenvalue weighted by Crippen LogP contribution is 2.20. The molecule has 0 amide bonds. The highest BCUT2D eigenvalue weighted by molar-refractivity contribution is 7.99. The van der Waals surface area contributed by atoms with E-state index in [1.165, 1.54) is 11.8 Å². The number of hydrogen-bond acceptors (Lipinski definition) is 7. The molecule has 1 atom stereocenters. The summed E-state index contributed by atoms with van der Waals surface area (Å²) in [6, 6.07) is 0. The van der Waals surface area contributed by atoms with Gasteiger partial charge in [-0.2, -0.15) is 0 Å². The number of aromatic nitrogens is 4. The van der Waals surface area contributed by atoms with E-state index in [4.69, 9.17) is 4.74 Å². The fourth-order valence-corrected chi connectivity index (χ4v) is 2.37. The Hall–Kier alpha value is -1.15. The van der Waals surface area contributed by atoms with Crippen LogP contribution in [-0.2, 0) is 16.6 Å². The molecule has 1 heterocycles. The van der Waals surface area contributed by atoms with Crippen LogP contribution < -0.4 is 5.32 Å². The molecular weight excluding hydrogens is 254 g/mol. The summed E-state index contributed by atoms with van der Waals surface area (Å²) in [6.45, 7) is 6.63. The average molecular weight is 273 g/mol. The van der Waals surface area contributed by atoms with E-state index in [1.54, 1.807) is 18.7 Å². The van der Waals surface area contributed by atoms with Gasteiger partial charge in [0.2, 0.25) is 5.16 Å². The topological polar surface area (TPSA) is 81.9 Å². The molecule has 0 aliphatic heterocycles. The standard InChI is InChI=1S/C10H19N5O2S/c1-5-11-10(3,8(16)17-6-2)7-18-9-12-13-14-15(9)4/h11H,5-7H2,1-4H3. The molecule has 1 N–H and O–H groups in total. The Morgan fingerprint density at radius 2 is 2.28 bits per heavy atom. The average Bonchev–Trinajstić information content (AvgIpc) is 2.73. The molecule has 0 fully saturated rings. The Bertz CT molecular complexity index is 397. The number of thioether (sulfide) groups is 1. The number of nitrogens with zero attached hydrogens (tertiary/aromatic N) is 4. The lowest BCUT2D eigenvalue weighted by Crippen LogP contribution is -2.52. The second-order valence-corrected chi connectivity index (χ2v) is 4.90. The Morgan fingerprint density at radius 3 is 2.78 bits per heavy atom. The largest absolute Gasteiger partial charge is 0.465 e. The maximum Gasteiger partial charge on any atom is 0.326 e. The molecule has 1 aromatic rings. The third-order valence-electron chi connectivity index (χ3n) is 2.36. The van der Waals surface area contributed by atoms with E-state index in [1.807, 2.05) is 13.8 Å². The van der Waals surface area contributed by atoms with E-state index in [0.29, 0.717) is 24.1 Å². The van der Waals surface area contributed by atoms with Crippen LogP contribution in [0.25, 0.3) is 0 Å². The van der Waals surface area contributed by atoms with Gasteiger partial charge in [-0.1, -0.05) is 18.7 Å². The van der Waals surface area contributed by atoms with E-state index in [-0.39, 0.29) is 5.97 Å². The monoisotopic (exact) mass is 273 g/mol. The number of rotatable bonds is 7. The first kappa shape index (κ1) is 14.9. The predicted molar refractivity (Wildman–Crippen MR) is 68.2 cm³/mol. The molecule has 1 aromatic heterocycles. The van der Waals surface area contributed by atoms with Gasteiger partial charge in [0.1, 0.15) is 5.54 Å². The second-order valence-electron chi connectivity index (χ2n) is 3.96. The lowest BCUT2D eigenvalue weighted by atomic mass is 10.1. The number of tetrazole rings is 1. The SMILES string of the molecule is CCNC(C)(CSc1nnnn1C)C(=O)OCC. The molecule has 1 unspecified atom stereocenters. The molecule has 0 saturated carbocycles. The van der Waals surface area contributed by atoms with Gasteiger partial charge in [0.25, 0.3) is 0 Å². The van der Waals surface area contributed by atoms with E-state index in [0.717, 1.165) is 0 Å². The molecule has 102 valence electrons. The van der Waals surface area contributed by atoms with E-state index in [2.05, 4.69) is 20.8 Å². The molecule has 0 spiro atoms. The number of carbonyl (C=O) groups excluding carboxylic acids is 1. The minimum absolute atomic E-state index is 0.255. The smallest absolute Gasteiger partial charge is 0.326 e. The molecule has 0 radical (unpaired) electrons. The summed E-state index contributed by atoms with van der Waals surface area (Å²) < 4.78 is 6.66. The molecule has 0 aromatic carbocycles. The second kappa shape index (κ2) is 6.69. The Morgan fingerprint density at radius 1 is 1.56 bits per heavy atom. The molecule has 1 rings (SSSR count). The van der Waals surface area contributed by atoms with Crippen molar-refractivity contribution >= 4 is 17.7 Å². The third-order valence-corrected chi connectivity index (χ3v) is 3.69. The van der Waals surface area contributed by atoms with Gasteiger partial charge < -0.3 is 10.1 Å². The fraction of sp³-hybridized carbons (Fsp3) is 0.800. The first-order valence-corrected chi connectivity index (χ1v) is 6.79. The number of aryl methyl sites for hydroxylation is 1. The van der Waals surface area contributed by atoms with Gasteiger partial charge in [0.15, 0.2) is 0 Å². The van der Waals surface area contributed by atoms with E-state index in [9.17, 15) is 4.79 Å². The zero-order valence-corrected chi connectivity index (χ0v) is 12.0. The summed E-state index contributed by atoms with van der Waals surface area (Å²) in [6.07, 6.45) is 0. The number of carbonyl (C=O) groups is 1. The Labute approximate surface area is 111 Å². The minimum Gasteiger partial charge on any atom is -0.465 e. The predicted octanol–water partition coefficient (Wildman–Crippen LogP) is 0.234. The number of hydrogen-bond donors (Lipinski definition) is 1. The van der Waals surface area contributed by atoms with Gasteiger partial charge >= 0.3 is 5.97 Å². The summed E-state index contributed by atoms with van der Waals surface area (Å²) in [5.74, 6) is 0.253. The van der Waals surface area contributed by atoms with Gasteiger partial charge in [-0.15, -0.1) is 5.10 Å². The van der Waals surface area contributed by atoms with E-state index < -0.39 is 5.54 Å². The maximum atomic E-state index is 11.9. The molecule has 18 heavy (non-hydrogen) atoms. The third kappa shape index (κ3) is 3.67. The number of likely N-dealkylation sites (N-methyl/N-ethyl adjacent to an activating group) is 1. The molecule has 7 nitrogen and oxygen atoms in total. The van der Waals surface area contributed by atoms with Crippen LogP contribution in [0.2, 0.25) is 0 Å². The summed E-state index contributed by atoms with van der Waals surface area (Å²) in [5.41, 5.74) is -0.735. The summed E-state index contributed by atoms with van der Waals surface area (Å²) in [7, 11) is 1.76. The van der Waals surface area contributed by atoms with Crippen LogP contribution in [0.5, 0.6) is 0 Å². The highest BCUT2D eigenvalue weighted by atomic mass is 32.2. The first-order chi connectivity index (χ1) is 8.53. The fourth-order valence-electron chi connectivity index (χ4n) is 1.42. The molecule has 0 saturated heterocycles. The van der Waals surface area contributed by atoms with Gasteiger partial charge in [-0.3, -0.25) is 4.79 Å². The maximum absolute atomic E-state index is 11.9. The zero-order valence-electron chi connectivity index (χ0n) is 11.1. The van der Waals surface area contributed by atoms with E-state index >= 15 is 0 Å².